The van der Waals surface area contributed by atoms with E-state index in [1.807, 2.05) is 12.1 Å². The van der Waals surface area contributed by atoms with E-state index in [1.165, 1.54) is 17.3 Å². The van der Waals surface area contributed by atoms with Gasteiger partial charge in [-0.15, -0.1) is 0 Å². The Balaban J connectivity index is 2.32. The first-order valence-electron chi connectivity index (χ1n) is 6.88. The Labute approximate surface area is 129 Å². The van der Waals surface area contributed by atoms with Crippen LogP contribution in [0.15, 0.2) is 34.3 Å². The second-order valence-corrected chi connectivity index (χ2v) is 5.52. The van der Waals surface area contributed by atoms with Crippen LogP contribution in [-0.4, -0.2) is 28.0 Å². The van der Waals surface area contributed by atoms with Crippen LogP contribution in [-0.2, 0) is 0 Å². The fourth-order valence-corrected chi connectivity index (χ4v) is 2.75. The van der Waals surface area contributed by atoms with Crippen molar-refractivity contribution in [2.45, 2.75) is 30.8 Å². The van der Waals surface area contributed by atoms with Crippen molar-refractivity contribution in [1.29, 1.82) is 0 Å². The van der Waals surface area contributed by atoms with Gasteiger partial charge in [-0.3, -0.25) is 5.43 Å². The molecule has 0 atom stereocenters. The average molecular weight is 304 g/mol. The van der Waals surface area contributed by atoms with Gasteiger partial charge in [0.25, 0.3) is 0 Å². The van der Waals surface area contributed by atoms with Crippen LogP contribution in [0.25, 0.3) is 0 Å². The number of hydrogen-bond donors (Lipinski definition) is 2. The Morgan fingerprint density at radius 2 is 1.95 bits per heavy atom. The number of nitrogens with one attached hydrogen (secondary N) is 1. The van der Waals surface area contributed by atoms with Crippen molar-refractivity contribution >= 4 is 23.7 Å². The SMILES string of the molecule is CCN(CC)c1nc(NN)nc(Sc2cccc(C)c2)n1. The third-order valence-corrected chi connectivity index (χ3v) is 3.83. The van der Waals surface area contributed by atoms with Crippen LogP contribution >= 0.6 is 11.8 Å². The Bertz CT molecular complexity index is 600. The number of nitrogens with zero attached hydrogens (tertiary/aromatic N) is 4. The van der Waals surface area contributed by atoms with Gasteiger partial charge in [0.1, 0.15) is 0 Å². The predicted octanol–water partition coefficient (Wildman–Crippen LogP) is 2.46. The van der Waals surface area contributed by atoms with Crippen LogP contribution < -0.4 is 16.2 Å². The van der Waals surface area contributed by atoms with E-state index in [4.69, 9.17) is 5.84 Å². The topological polar surface area (TPSA) is 80.0 Å². The van der Waals surface area contributed by atoms with Crippen molar-refractivity contribution in [2.24, 2.45) is 5.84 Å². The molecule has 1 aromatic carbocycles. The molecule has 2 aromatic rings. The number of aromatic nitrogens is 3. The molecule has 1 heterocycles. The lowest BCUT2D eigenvalue weighted by molar-refractivity contribution is 0.783. The van der Waals surface area contributed by atoms with Gasteiger partial charge in [0.15, 0.2) is 5.16 Å². The van der Waals surface area contributed by atoms with Crippen LogP contribution in [0, 0.1) is 6.92 Å². The Kier molecular flexibility index (Phi) is 5.35. The van der Waals surface area contributed by atoms with Gasteiger partial charge in [0, 0.05) is 18.0 Å². The van der Waals surface area contributed by atoms with Crippen LogP contribution in [0.2, 0.25) is 0 Å². The standard InChI is InChI=1S/C14H20N6S/c1-4-20(5-2)13-16-12(19-15)17-14(18-13)21-11-8-6-7-10(3)9-11/h6-9H,4-5,15H2,1-3H3,(H,16,17,18,19). The van der Waals surface area contributed by atoms with E-state index in [0.717, 1.165) is 18.0 Å². The minimum Gasteiger partial charge on any atom is -0.341 e. The summed E-state index contributed by atoms with van der Waals surface area (Å²) < 4.78 is 0. The van der Waals surface area contributed by atoms with Gasteiger partial charge in [-0.1, -0.05) is 17.7 Å². The third kappa shape index (κ3) is 4.05. The summed E-state index contributed by atoms with van der Waals surface area (Å²) in [5, 5.41) is 0.630. The molecule has 7 heteroatoms. The van der Waals surface area contributed by atoms with Gasteiger partial charge in [-0.25, -0.2) is 5.84 Å². The second-order valence-electron chi connectivity index (χ2n) is 4.48. The quantitative estimate of drug-likeness (QED) is 0.627. The molecule has 6 nitrogen and oxygen atoms in total. The maximum Gasteiger partial charge on any atom is 0.242 e. The number of anilines is 2. The molecule has 112 valence electrons. The maximum absolute atomic E-state index is 5.46. The largest absolute Gasteiger partial charge is 0.341 e. The number of rotatable bonds is 6. The molecule has 0 unspecified atom stereocenters. The first kappa shape index (κ1) is 15.5. The Morgan fingerprint density at radius 1 is 1.19 bits per heavy atom. The van der Waals surface area contributed by atoms with Crippen LogP contribution in [0.3, 0.4) is 0 Å². The zero-order valence-corrected chi connectivity index (χ0v) is 13.3. The molecule has 1 aromatic heterocycles. The first-order valence-corrected chi connectivity index (χ1v) is 7.70. The number of hydrazine groups is 1. The highest BCUT2D eigenvalue weighted by atomic mass is 32.2. The van der Waals surface area contributed by atoms with Gasteiger partial charge >= 0.3 is 0 Å². The van der Waals surface area contributed by atoms with E-state index >= 15 is 0 Å². The molecule has 0 aliphatic heterocycles. The lowest BCUT2D eigenvalue weighted by atomic mass is 10.2. The summed E-state index contributed by atoms with van der Waals surface area (Å²) in [6, 6.07) is 8.22. The highest BCUT2D eigenvalue weighted by Crippen LogP contribution is 2.27. The molecule has 0 spiro atoms. The number of aryl methyl sites for hydroxylation is 1. The normalized spacial score (nSPS) is 10.5. The van der Waals surface area contributed by atoms with Crippen LogP contribution in [0.1, 0.15) is 19.4 Å². The molecule has 21 heavy (non-hydrogen) atoms. The summed E-state index contributed by atoms with van der Waals surface area (Å²) in [4.78, 5) is 16.3. The monoisotopic (exact) mass is 304 g/mol. The van der Waals surface area contributed by atoms with Gasteiger partial charge in [-0.2, -0.15) is 15.0 Å². The van der Waals surface area contributed by atoms with Gasteiger partial charge in [-0.05, 0) is 44.7 Å². The number of benzene rings is 1. The summed E-state index contributed by atoms with van der Waals surface area (Å²) >= 11 is 1.50. The molecule has 0 saturated heterocycles. The zero-order chi connectivity index (χ0) is 15.2. The predicted molar refractivity (Wildman–Crippen MR) is 86.5 cm³/mol. The Morgan fingerprint density at radius 3 is 2.57 bits per heavy atom. The van der Waals surface area contributed by atoms with Gasteiger partial charge in [0.2, 0.25) is 11.9 Å². The van der Waals surface area contributed by atoms with Crippen LogP contribution in [0.5, 0.6) is 0 Å². The van der Waals surface area contributed by atoms with Crippen molar-refractivity contribution in [3.8, 4) is 0 Å². The van der Waals surface area contributed by atoms with Crippen molar-refractivity contribution in [2.75, 3.05) is 23.4 Å². The van der Waals surface area contributed by atoms with E-state index in [-0.39, 0.29) is 0 Å². The molecule has 2 rings (SSSR count). The van der Waals surface area contributed by atoms with Gasteiger partial charge < -0.3 is 4.90 Å². The molecule has 0 aliphatic rings. The Hall–Kier alpha value is -1.86. The lowest BCUT2D eigenvalue weighted by Crippen LogP contribution is -2.25. The van der Waals surface area contributed by atoms with E-state index < -0.39 is 0 Å². The third-order valence-electron chi connectivity index (χ3n) is 2.98. The van der Waals surface area contributed by atoms with E-state index in [0.29, 0.717) is 17.1 Å². The number of nitrogen functional groups attached to an aromatic ring is 1. The molecule has 0 aliphatic carbocycles. The molecule has 0 amide bonds. The van der Waals surface area contributed by atoms with E-state index in [9.17, 15) is 0 Å². The molecule has 0 fully saturated rings. The molecular formula is C14H20N6S. The van der Waals surface area contributed by atoms with Crippen molar-refractivity contribution in [3.63, 3.8) is 0 Å². The lowest BCUT2D eigenvalue weighted by Gasteiger charge is -2.19. The van der Waals surface area contributed by atoms with E-state index in [1.54, 1.807) is 0 Å². The summed E-state index contributed by atoms with van der Waals surface area (Å²) in [5.74, 6) is 6.47. The fourth-order valence-electron chi connectivity index (χ4n) is 1.89. The first-order chi connectivity index (χ1) is 10.2. The summed E-state index contributed by atoms with van der Waals surface area (Å²) in [7, 11) is 0. The van der Waals surface area contributed by atoms with Crippen molar-refractivity contribution in [1.82, 2.24) is 15.0 Å². The minimum atomic E-state index is 0.377. The fraction of sp³-hybridized carbons (Fsp3) is 0.357. The van der Waals surface area contributed by atoms with Gasteiger partial charge in [0.05, 0.1) is 0 Å². The number of nitrogens with two attached hydrogens (primary N) is 1. The maximum atomic E-state index is 5.46. The molecule has 0 saturated carbocycles. The summed E-state index contributed by atoms with van der Waals surface area (Å²) in [5.41, 5.74) is 3.71. The zero-order valence-electron chi connectivity index (χ0n) is 12.5. The highest BCUT2D eigenvalue weighted by molar-refractivity contribution is 7.99. The minimum absolute atomic E-state index is 0.377. The van der Waals surface area contributed by atoms with Crippen LogP contribution in [0.4, 0.5) is 11.9 Å². The summed E-state index contributed by atoms with van der Waals surface area (Å²) in [6.45, 7) is 7.86. The second kappa shape index (κ2) is 7.24. The van der Waals surface area contributed by atoms with Crippen molar-refractivity contribution < 1.29 is 0 Å². The molecule has 0 radical (unpaired) electrons. The smallest absolute Gasteiger partial charge is 0.242 e. The molecule has 3 N–H and O–H groups in total. The average Bonchev–Trinajstić information content (AvgIpc) is 2.48. The molecule has 0 bridgehead atoms. The van der Waals surface area contributed by atoms with Crippen molar-refractivity contribution in [3.05, 3.63) is 29.8 Å². The highest BCUT2D eigenvalue weighted by Gasteiger charge is 2.11. The molecular weight excluding hydrogens is 284 g/mol. The summed E-state index contributed by atoms with van der Waals surface area (Å²) in [6.07, 6.45) is 0. The van der Waals surface area contributed by atoms with E-state index in [2.05, 4.69) is 58.2 Å². The number of hydrogen-bond acceptors (Lipinski definition) is 7.